The highest BCUT2D eigenvalue weighted by atomic mass is 28.3. The van der Waals surface area contributed by atoms with Gasteiger partial charge in [-0.05, 0) is 44.4 Å². The van der Waals surface area contributed by atoms with E-state index in [0.717, 1.165) is 66.7 Å². The fourth-order valence-electron chi connectivity index (χ4n) is 3.38. The molecule has 6 nitrogen and oxygen atoms in total. The van der Waals surface area contributed by atoms with Crippen LogP contribution in [0, 0.1) is 6.92 Å². The first-order valence-corrected chi connectivity index (χ1v) is 13.9. The topological polar surface area (TPSA) is 69.0 Å². The van der Waals surface area contributed by atoms with Gasteiger partial charge in [0.1, 0.15) is 6.73 Å². The second-order valence-electron chi connectivity index (χ2n) is 8.80. The van der Waals surface area contributed by atoms with Gasteiger partial charge in [-0.15, -0.1) is 0 Å². The molecule has 152 valence electrons. The highest BCUT2D eigenvalue weighted by molar-refractivity contribution is 6.76. The summed E-state index contributed by atoms with van der Waals surface area (Å²) in [6.07, 6.45) is 6.31. The number of rotatable bonds is 5. The van der Waals surface area contributed by atoms with Gasteiger partial charge in [-0.1, -0.05) is 26.1 Å². The summed E-state index contributed by atoms with van der Waals surface area (Å²) >= 11 is 0. The van der Waals surface area contributed by atoms with Gasteiger partial charge in [-0.3, -0.25) is 9.78 Å². The van der Waals surface area contributed by atoms with Crippen LogP contribution in [0.4, 0.5) is 5.69 Å². The third kappa shape index (κ3) is 5.51. The fraction of sp³-hybridized carbons (Fsp3) is 0.571. The van der Waals surface area contributed by atoms with Gasteiger partial charge in [-0.25, -0.2) is 4.68 Å². The molecule has 0 unspecified atom stereocenters. The van der Waals surface area contributed by atoms with Crippen LogP contribution in [-0.2, 0) is 22.7 Å². The Balaban J connectivity index is 1.92. The van der Waals surface area contributed by atoms with E-state index >= 15 is 0 Å². The van der Waals surface area contributed by atoms with E-state index in [1.807, 2.05) is 23.9 Å². The zero-order valence-electron chi connectivity index (χ0n) is 17.5. The van der Waals surface area contributed by atoms with E-state index in [9.17, 15) is 4.79 Å². The maximum Gasteiger partial charge on any atom is 0.224 e. The van der Waals surface area contributed by atoms with Crippen molar-refractivity contribution in [2.45, 2.75) is 71.4 Å². The fourth-order valence-corrected chi connectivity index (χ4v) is 4.14. The van der Waals surface area contributed by atoms with Crippen molar-refractivity contribution in [1.29, 1.82) is 0 Å². The van der Waals surface area contributed by atoms with Crippen molar-refractivity contribution in [3.63, 3.8) is 0 Å². The van der Waals surface area contributed by atoms with Crippen molar-refractivity contribution in [2.75, 3.05) is 11.9 Å². The predicted octanol–water partition coefficient (Wildman–Crippen LogP) is 4.62. The van der Waals surface area contributed by atoms with Crippen molar-refractivity contribution in [3.05, 3.63) is 29.7 Å². The average molecular weight is 401 g/mol. The Morgan fingerprint density at radius 2 is 2.00 bits per heavy atom. The molecule has 0 saturated carbocycles. The largest absolute Gasteiger partial charge is 0.360 e. The molecule has 3 heterocycles. The Morgan fingerprint density at radius 3 is 2.79 bits per heavy atom. The standard InChI is InChI=1S/C21H32N4O2Si/c1-16-20-21(25(24-16)15-27-12-13-28(2,3)4)17-10-11-22-18(14-17)8-6-5-7-9-19(26)23-20/h10-11,14H,5-9,12-13,15H2,1-4H3,(H,23,26). The van der Waals surface area contributed by atoms with Gasteiger partial charge in [0.25, 0.3) is 0 Å². The molecular formula is C21H32N4O2Si. The number of aryl methyl sites for hydroxylation is 2. The lowest BCUT2D eigenvalue weighted by molar-refractivity contribution is -0.116. The van der Waals surface area contributed by atoms with Crippen LogP contribution in [0.25, 0.3) is 11.3 Å². The van der Waals surface area contributed by atoms with Crippen LogP contribution < -0.4 is 5.32 Å². The lowest BCUT2D eigenvalue weighted by atomic mass is 10.0. The number of pyridine rings is 1. The molecule has 0 atom stereocenters. The minimum absolute atomic E-state index is 0.0541. The van der Waals surface area contributed by atoms with Gasteiger partial charge in [0.05, 0.1) is 17.1 Å². The zero-order valence-corrected chi connectivity index (χ0v) is 18.5. The SMILES string of the molecule is Cc1nn(COCC[Si](C)(C)C)c2c1NC(=O)CCCCCc1cc-2ccn1. The third-order valence-electron chi connectivity index (χ3n) is 5.03. The quantitative estimate of drug-likeness (QED) is 0.587. The maximum atomic E-state index is 12.4. The van der Waals surface area contributed by atoms with Gasteiger partial charge in [0, 0.05) is 38.6 Å². The number of nitrogens with one attached hydrogen (secondary N) is 1. The predicted molar refractivity (Wildman–Crippen MR) is 115 cm³/mol. The van der Waals surface area contributed by atoms with E-state index in [-0.39, 0.29) is 5.91 Å². The minimum atomic E-state index is -1.14. The highest BCUT2D eigenvalue weighted by Gasteiger charge is 2.20. The molecule has 2 aromatic heterocycles. The number of anilines is 1. The van der Waals surface area contributed by atoms with Gasteiger partial charge in [0.15, 0.2) is 0 Å². The highest BCUT2D eigenvalue weighted by Crippen LogP contribution is 2.32. The number of hydrogen-bond acceptors (Lipinski definition) is 4. The number of nitrogens with zero attached hydrogens (tertiary/aromatic N) is 3. The number of aromatic nitrogens is 3. The molecule has 1 amide bonds. The van der Waals surface area contributed by atoms with Crippen molar-refractivity contribution >= 4 is 19.7 Å². The molecule has 1 N–H and O–H groups in total. The first-order valence-electron chi connectivity index (χ1n) is 10.2. The first-order chi connectivity index (χ1) is 13.3. The molecule has 2 bridgehead atoms. The summed E-state index contributed by atoms with van der Waals surface area (Å²) in [6.45, 7) is 10.1. The lowest BCUT2D eigenvalue weighted by Crippen LogP contribution is -2.22. The molecule has 0 spiro atoms. The van der Waals surface area contributed by atoms with E-state index in [1.165, 1.54) is 0 Å². The van der Waals surface area contributed by atoms with E-state index in [4.69, 9.17) is 4.74 Å². The molecule has 3 rings (SSSR count). The van der Waals surface area contributed by atoms with Crippen molar-refractivity contribution in [2.24, 2.45) is 0 Å². The van der Waals surface area contributed by atoms with Crippen molar-refractivity contribution < 1.29 is 9.53 Å². The smallest absolute Gasteiger partial charge is 0.224 e. The van der Waals surface area contributed by atoms with Crippen LogP contribution in [0.15, 0.2) is 18.3 Å². The van der Waals surface area contributed by atoms with Gasteiger partial charge >= 0.3 is 0 Å². The van der Waals surface area contributed by atoms with Crippen LogP contribution in [0.5, 0.6) is 0 Å². The first kappa shape index (κ1) is 20.7. The maximum absolute atomic E-state index is 12.4. The molecule has 0 fully saturated rings. The van der Waals surface area contributed by atoms with Crippen LogP contribution >= 0.6 is 0 Å². The van der Waals surface area contributed by atoms with E-state index < -0.39 is 8.07 Å². The summed E-state index contributed by atoms with van der Waals surface area (Å²) < 4.78 is 7.83. The van der Waals surface area contributed by atoms with Crippen LogP contribution in [0.2, 0.25) is 25.7 Å². The molecule has 2 aromatic rings. The Bertz CT molecular complexity index is 826. The summed E-state index contributed by atoms with van der Waals surface area (Å²) in [6, 6.07) is 5.22. The second-order valence-corrected chi connectivity index (χ2v) is 14.4. The molecular weight excluding hydrogens is 368 g/mol. The summed E-state index contributed by atoms with van der Waals surface area (Å²) in [7, 11) is -1.14. The Hall–Kier alpha value is -1.99. The summed E-state index contributed by atoms with van der Waals surface area (Å²) in [4.78, 5) is 17.0. The lowest BCUT2D eigenvalue weighted by Gasteiger charge is -2.16. The Morgan fingerprint density at radius 1 is 1.21 bits per heavy atom. The number of carbonyl (C=O) groups is 1. The van der Waals surface area contributed by atoms with E-state index in [0.29, 0.717) is 13.2 Å². The molecule has 0 aliphatic carbocycles. The Kier molecular flexibility index (Phi) is 6.67. The van der Waals surface area contributed by atoms with Gasteiger partial charge in [-0.2, -0.15) is 5.10 Å². The minimum Gasteiger partial charge on any atom is -0.360 e. The van der Waals surface area contributed by atoms with E-state index in [2.05, 4.69) is 41.1 Å². The summed E-state index contributed by atoms with van der Waals surface area (Å²) in [5, 5.41) is 7.77. The number of hydrogen-bond donors (Lipinski definition) is 1. The van der Waals surface area contributed by atoms with Gasteiger partial charge < -0.3 is 10.1 Å². The molecule has 0 saturated heterocycles. The van der Waals surface area contributed by atoms with Gasteiger partial charge in [0.2, 0.25) is 5.91 Å². The molecule has 0 aromatic carbocycles. The molecule has 0 radical (unpaired) electrons. The monoisotopic (exact) mass is 400 g/mol. The van der Waals surface area contributed by atoms with Crippen LogP contribution in [0.1, 0.15) is 37.1 Å². The van der Waals surface area contributed by atoms with Crippen LogP contribution in [0.3, 0.4) is 0 Å². The number of ether oxygens (including phenoxy) is 1. The van der Waals surface area contributed by atoms with Crippen molar-refractivity contribution in [1.82, 2.24) is 14.8 Å². The summed E-state index contributed by atoms with van der Waals surface area (Å²) in [5.74, 6) is 0.0541. The third-order valence-corrected chi connectivity index (χ3v) is 6.73. The van der Waals surface area contributed by atoms with Crippen molar-refractivity contribution in [3.8, 4) is 11.3 Å². The average Bonchev–Trinajstić information content (AvgIpc) is 2.92. The molecule has 1 aliphatic heterocycles. The summed E-state index contributed by atoms with van der Waals surface area (Å²) in [5.41, 5.74) is 4.61. The second kappa shape index (κ2) is 9.00. The molecule has 1 aliphatic rings. The zero-order chi connectivity index (χ0) is 20.1. The number of amides is 1. The normalized spacial score (nSPS) is 15.4. The number of fused-ring (bicyclic) bond motifs is 4. The number of carbonyl (C=O) groups excluding carboxylic acids is 1. The molecule has 28 heavy (non-hydrogen) atoms. The van der Waals surface area contributed by atoms with Crippen LogP contribution in [-0.4, -0.2) is 35.4 Å². The van der Waals surface area contributed by atoms with E-state index in [1.54, 1.807) is 0 Å². The molecule has 7 heteroatoms. The Labute approximate surface area is 168 Å².